The average Bonchev–Trinajstić information content (AvgIpc) is 3.58. The number of carbonyl (C=O) groups excluding carboxylic acids is 1. The number of hydrogen-bond acceptors (Lipinski definition) is 4. The topological polar surface area (TPSA) is 58.1 Å². The van der Waals surface area contributed by atoms with Crippen LogP contribution in [-0.2, 0) is 4.79 Å². The zero-order chi connectivity index (χ0) is 20.0. The summed E-state index contributed by atoms with van der Waals surface area (Å²) in [6.07, 6.45) is 4.49. The molecule has 4 aliphatic rings. The molecule has 0 radical (unpaired) electrons. The van der Waals surface area contributed by atoms with Gasteiger partial charge in [-0.05, 0) is 57.2 Å². The number of carbonyl (C=O) groups is 1. The first-order valence-electron chi connectivity index (χ1n) is 10.7. The third-order valence-corrected chi connectivity index (χ3v) is 7.42. The Morgan fingerprint density at radius 3 is 2.79 bits per heavy atom. The van der Waals surface area contributed by atoms with Crippen LogP contribution >= 0.6 is 15.9 Å². The van der Waals surface area contributed by atoms with Crippen LogP contribution in [0.3, 0.4) is 0 Å². The van der Waals surface area contributed by atoms with Crippen LogP contribution in [0.15, 0.2) is 34.8 Å². The lowest BCUT2D eigenvalue weighted by atomic mass is 9.74. The number of benzene rings is 1. The number of fused-ring (bicyclic) bond motifs is 3. The third-order valence-electron chi connectivity index (χ3n) is 6.73. The van der Waals surface area contributed by atoms with Crippen LogP contribution < -0.4 is 5.32 Å². The maximum atomic E-state index is 12.0. The second-order valence-electron chi connectivity index (χ2n) is 8.76. The quantitative estimate of drug-likeness (QED) is 0.743. The van der Waals surface area contributed by atoms with Gasteiger partial charge in [0.25, 0.3) is 0 Å². The van der Waals surface area contributed by atoms with E-state index in [-0.39, 0.29) is 5.91 Å². The first-order valence-corrected chi connectivity index (χ1v) is 11.5. The number of nitrogens with one attached hydrogen (secondary N) is 1. The average molecular weight is 455 g/mol. The highest BCUT2D eigenvalue weighted by Crippen LogP contribution is 2.42. The lowest BCUT2D eigenvalue weighted by Gasteiger charge is -2.49. The van der Waals surface area contributed by atoms with Crippen molar-refractivity contribution >= 4 is 21.8 Å². The van der Waals surface area contributed by atoms with Gasteiger partial charge >= 0.3 is 0 Å². The fraction of sp³-hybridized carbons (Fsp3) is 0.522. The number of piperidine rings is 3. The molecular formula is C23H27BrN4O. The molecule has 152 valence electrons. The molecule has 4 atom stereocenters. The molecule has 6 heteroatoms. The molecule has 2 bridgehead atoms. The zero-order valence-electron chi connectivity index (χ0n) is 16.8. The Bertz CT molecular complexity index is 929. The van der Waals surface area contributed by atoms with E-state index in [1.54, 1.807) is 0 Å². The summed E-state index contributed by atoms with van der Waals surface area (Å²) in [5, 5.41) is 3.19. The van der Waals surface area contributed by atoms with Gasteiger partial charge in [-0.25, -0.2) is 9.97 Å². The van der Waals surface area contributed by atoms with Crippen molar-refractivity contribution in [3.8, 4) is 11.3 Å². The molecule has 6 rings (SSSR count). The van der Waals surface area contributed by atoms with Gasteiger partial charge in [-0.3, -0.25) is 9.69 Å². The van der Waals surface area contributed by atoms with Crippen LogP contribution in [0.5, 0.6) is 0 Å². The van der Waals surface area contributed by atoms with Crippen LogP contribution in [-0.4, -0.2) is 46.5 Å². The summed E-state index contributed by atoms with van der Waals surface area (Å²) < 4.78 is 1.06. The molecule has 1 saturated carbocycles. The standard InChI is InChI=1S/C23H27BrN4O/c1-14-26-21(18-4-2-3-5-20(18)24)11-22(27-14)19-13-28-9-8-16(19)10-17(28)12-25-23(29)15-6-7-15/h2-5,11,15-17,19H,6-10,12-13H2,1H3,(H,25,29). The van der Waals surface area contributed by atoms with Gasteiger partial charge in [-0.15, -0.1) is 0 Å². The number of rotatable bonds is 5. The monoisotopic (exact) mass is 454 g/mol. The fourth-order valence-corrected chi connectivity index (χ4v) is 5.47. The van der Waals surface area contributed by atoms with Crippen LogP contribution in [0.2, 0.25) is 0 Å². The van der Waals surface area contributed by atoms with Gasteiger partial charge < -0.3 is 5.32 Å². The van der Waals surface area contributed by atoms with Crippen LogP contribution in [0.1, 0.15) is 43.1 Å². The minimum atomic E-state index is 0.258. The van der Waals surface area contributed by atoms with Gasteiger partial charge in [0.15, 0.2) is 0 Å². The second-order valence-corrected chi connectivity index (χ2v) is 9.62. The van der Waals surface area contributed by atoms with E-state index in [1.807, 2.05) is 19.1 Å². The summed E-state index contributed by atoms with van der Waals surface area (Å²) in [7, 11) is 0. The predicted octanol–water partition coefficient (Wildman–Crippen LogP) is 3.92. The number of amides is 1. The zero-order valence-corrected chi connectivity index (χ0v) is 18.4. The van der Waals surface area contributed by atoms with Gasteiger partial charge in [0.05, 0.1) is 5.69 Å². The van der Waals surface area contributed by atoms with Gasteiger partial charge in [-0.1, -0.05) is 34.1 Å². The van der Waals surface area contributed by atoms with E-state index in [2.05, 4.69) is 44.3 Å². The van der Waals surface area contributed by atoms with Crippen molar-refractivity contribution in [2.75, 3.05) is 19.6 Å². The second kappa shape index (κ2) is 7.80. The molecular weight excluding hydrogens is 428 g/mol. The van der Waals surface area contributed by atoms with Crippen molar-refractivity contribution in [1.82, 2.24) is 20.2 Å². The first-order chi connectivity index (χ1) is 14.1. The molecule has 4 heterocycles. The molecule has 4 fully saturated rings. The molecule has 1 N–H and O–H groups in total. The van der Waals surface area contributed by atoms with Gasteiger partial charge in [0.2, 0.25) is 5.91 Å². The summed E-state index contributed by atoms with van der Waals surface area (Å²) in [4.78, 5) is 24.1. The van der Waals surface area contributed by atoms with Crippen molar-refractivity contribution in [3.05, 3.63) is 46.3 Å². The smallest absolute Gasteiger partial charge is 0.223 e. The molecule has 3 aliphatic heterocycles. The molecule has 29 heavy (non-hydrogen) atoms. The highest BCUT2D eigenvalue weighted by atomic mass is 79.9. The first kappa shape index (κ1) is 19.2. The van der Waals surface area contributed by atoms with E-state index in [0.29, 0.717) is 23.8 Å². The number of hydrogen-bond donors (Lipinski definition) is 1. The highest BCUT2D eigenvalue weighted by Gasteiger charge is 2.42. The summed E-state index contributed by atoms with van der Waals surface area (Å²) >= 11 is 3.66. The van der Waals surface area contributed by atoms with Crippen molar-refractivity contribution in [2.24, 2.45) is 11.8 Å². The van der Waals surface area contributed by atoms with Crippen LogP contribution in [0.25, 0.3) is 11.3 Å². The van der Waals surface area contributed by atoms with E-state index in [1.165, 1.54) is 12.1 Å². The minimum Gasteiger partial charge on any atom is -0.354 e. The highest BCUT2D eigenvalue weighted by molar-refractivity contribution is 9.10. The normalized spacial score (nSPS) is 28.3. The molecule has 1 aromatic heterocycles. The Morgan fingerprint density at radius 2 is 2.07 bits per heavy atom. The van der Waals surface area contributed by atoms with E-state index in [9.17, 15) is 4.79 Å². The molecule has 4 unspecified atom stereocenters. The number of aromatic nitrogens is 2. The Morgan fingerprint density at radius 1 is 1.24 bits per heavy atom. The Hall–Kier alpha value is -1.79. The van der Waals surface area contributed by atoms with Gasteiger partial charge in [0.1, 0.15) is 5.82 Å². The summed E-state index contributed by atoms with van der Waals surface area (Å²) in [5.41, 5.74) is 3.27. The Balaban J connectivity index is 1.33. The van der Waals surface area contributed by atoms with Gasteiger partial charge in [-0.2, -0.15) is 0 Å². The number of nitrogens with zero attached hydrogens (tertiary/aromatic N) is 3. The summed E-state index contributed by atoms with van der Waals surface area (Å²) in [6, 6.07) is 10.9. The lowest BCUT2D eigenvalue weighted by Crippen LogP contribution is -2.56. The number of halogens is 1. The van der Waals surface area contributed by atoms with E-state index >= 15 is 0 Å². The van der Waals surface area contributed by atoms with Crippen LogP contribution in [0.4, 0.5) is 0 Å². The van der Waals surface area contributed by atoms with Crippen molar-refractivity contribution in [2.45, 2.75) is 44.6 Å². The van der Waals surface area contributed by atoms with E-state index in [4.69, 9.17) is 9.97 Å². The molecule has 1 aromatic carbocycles. The Kier molecular flexibility index (Phi) is 5.16. The SMILES string of the molecule is Cc1nc(-c2ccccc2Br)cc(C2CN3CCC2CC3CNC(=O)C2CC2)n1. The molecule has 5 nitrogen and oxygen atoms in total. The largest absolute Gasteiger partial charge is 0.354 e. The van der Waals surface area contributed by atoms with E-state index in [0.717, 1.165) is 60.5 Å². The van der Waals surface area contributed by atoms with E-state index < -0.39 is 0 Å². The van der Waals surface area contributed by atoms with Crippen molar-refractivity contribution < 1.29 is 4.79 Å². The molecule has 1 aliphatic carbocycles. The van der Waals surface area contributed by atoms with Crippen LogP contribution in [0, 0.1) is 18.8 Å². The van der Waals surface area contributed by atoms with Crippen molar-refractivity contribution in [1.29, 1.82) is 0 Å². The van der Waals surface area contributed by atoms with Gasteiger partial charge in [0, 0.05) is 46.7 Å². The third kappa shape index (κ3) is 3.97. The minimum absolute atomic E-state index is 0.258. The molecule has 1 amide bonds. The summed E-state index contributed by atoms with van der Waals surface area (Å²) in [5.74, 6) is 2.45. The molecule has 0 spiro atoms. The fourth-order valence-electron chi connectivity index (χ4n) is 4.98. The number of aryl methyl sites for hydroxylation is 1. The molecule has 3 saturated heterocycles. The maximum absolute atomic E-state index is 12.0. The maximum Gasteiger partial charge on any atom is 0.223 e. The summed E-state index contributed by atoms with van der Waals surface area (Å²) in [6.45, 7) is 4.94. The lowest BCUT2D eigenvalue weighted by molar-refractivity contribution is -0.122. The molecule has 2 aromatic rings. The predicted molar refractivity (Wildman–Crippen MR) is 116 cm³/mol. The Labute approximate surface area is 180 Å². The van der Waals surface area contributed by atoms with Crippen molar-refractivity contribution in [3.63, 3.8) is 0 Å².